The third kappa shape index (κ3) is 4.80. The van der Waals surface area contributed by atoms with Crippen LogP contribution >= 0.6 is 22.9 Å². The molecule has 5 rings (SSSR count). The van der Waals surface area contributed by atoms with Gasteiger partial charge in [0.15, 0.2) is 17.3 Å². The molecular formula is C25H22ClN3O3S. The number of benzene rings is 2. The monoisotopic (exact) mass is 479 g/mol. The summed E-state index contributed by atoms with van der Waals surface area (Å²) in [4.78, 5) is 18.5. The second-order valence-corrected chi connectivity index (χ2v) is 9.39. The third-order valence-electron chi connectivity index (χ3n) is 5.58. The maximum absolute atomic E-state index is 12.8. The van der Waals surface area contributed by atoms with E-state index in [-0.39, 0.29) is 12.6 Å². The van der Waals surface area contributed by atoms with Crippen molar-refractivity contribution in [3.05, 3.63) is 80.6 Å². The lowest BCUT2D eigenvalue weighted by Gasteiger charge is -2.05. The smallest absolute Gasteiger partial charge is 0.231 e. The number of thiophene rings is 1. The van der Waals surface area contributed by atoms with Crippen molar-refractivity contribution in [3.8, 4) is 11.5 Å². The number of aryl methyl sites for hydroxylation is 1. The van der Waals surface area contributed by atoms with E-state index in [9.17, 15) is 4.79 Å². The minimum atomic E-state index is 0.0956. The standard InChI is InChI=1S/C25H22ClN3O3S/c26-19-11-23(20(30)5-2-15-1-4-18-17(9-15)7-8-29-25(18)27)33-24(19)13-28-12-16-3-6-21-22(10-16)32-14-31-21/h1,3-4,6-11,28H,2,5,12-14H2,(H2,27,29). The number of pyridine rings is 1. The average molecular weight is 480 g/mol. The number of halogens is 1. The first kappa shape index (κ1) is 21.7. The molecule has 0 aliphatic carbocycles. The van der Waals surface area contributed by atoms with Gasteiger partial charge in [0.25, 0.3) is 0 Å². The van der Waals surface area contributed by atoms with Gasteiger partial charge in [0.1, 0.15) is 5.82 Å². The molecule has 8 heteroatoms. The Labute approximate surface area is 200 Å². The Morgan fingerprint density at radius 2 is 1.91 bits per heavy atom. The number of fused-ring (bicyclic) bond motifs is 2. The number of carbonyl (C=O) groups excluding carboxylic acids is 1. The zero-order valence-corrected chi connectivity index (χ0v) is 19.3. The summed E-state index contributed by atoms with van der Waals surface area (Å²) in [7, 11) is 0. The maximum atomic E-state index is 12.8. The molecule has 1 aliphatic rings. The van der Waals surface area contributed by atoms with Gasteiger partial charge in [0.05, 0.1) is 9.90 Å². The fourth-order valence-corrected chi connectivity index (χ4v) is 5.17. The first-order valence-corrected chi connectivity index (χ1v) is 11.8. The van der Waals surface area contributed by atoms with Crippen LogP contribution in [0.5, 0.6) is 11.5 Å². The first-order chi connectivity index (χ1) is 16.1. The molecule has 0 spiro atoms. The van der Waals surface area contributed by atoms with Crippen LogP contribution in [0.15, 0.2) is 54.7 Å². The number of hydrogen-bond donors (Lipinski definition) is 2. The van der Waals surface area contributed by atoms with E-state index in [1.54, 1.807) is 12.3 Å². The molecule has 0 unspecified atom stereocenters. The van der Waals surface area contributed by atoms with E-state index < -0.39 is 0 Å². The summed E-state index contributed by atoms with van der Waals surface area (Å²) in [5.74, 6) is 2.15. The van der Waals surface area contributed by atoms with Gasteiger partial charge in [-0.2, -0.15) is 0 Å². The van der Waals surface area contributed by atoms with Gasteiger partial charge >= 0.3 is 0 Å². The maximum Gasteiger partial charge on any atom is 0.231 e. The van der Waals surface area contributed by atoms with Gasteiger partial charge in [-0.1, -0.05) is 35.9 Å². The second-order valence-electron chi connectivity index (χ2n) is 7.85. The third-order valence-corrected chi connectivity index (χ3v) is 7.21. The molecule has 2 aromatic carbocycles. The minimum Gasteiger partial charge on any atom is -0.454 e. The molecule has 0 saturated heterocycles. The van der Waals surface area contributed by atoms with Crippen molar-refractivity contribution in [3.63, 3.8) is 0 Å². The van der Waals surface area contributed by atoms with Crippen LogP contribution in [0.1, 0.15) is 32.1 Å². The largest absolute Gasteiger partial charge is 0.454 e. The van der Waals surface area contributed by atoms with Crippen molar-refractivity contribution in [2.45, 2.75) is 25.9 Å². The zero-order valence-electron chi connectivity index (χ0n) is 17.8. The lowest BCUT2D eigenvalue weighted by Crippen LogP contribution is -2.11. The van der Waals surface area contributed by atoms with Crippen molar-refractivity contribution in [2.75, 3.05) is 12.5 Å². The quantitative estimate of drug-likeness (QED) is 0.330. The SMILES string of the molecule is Nc1nccc2cc(CCC(=O)c3cc(Cl)c(CNCc4ccc5c(c4)OCO5)s3)ccc12. The number of carbonyl (C=O) groups is 1. The number of nitrogens with one attached hydrogen (secondary N) is 1. The van der Waals surface area contributed by atoms with Crippen LogP contribution in [0.2, 0.25) is 5.02 Å². The molecule has 0 saturated carbocycles. The number of hydrogen-bond acceptors (Lipinski definition) is 7. The molecule has 0 radical (unpaired) electrons. The van der Waals surface area contributed by atoms with Crippen molar-refractivity contribution >= 4 is 45.3 Å². The molecular weight excluding hydrogens is 458 g/mol. The Kier molecular flexibility index (Phi) is 6.17. The lowest BCUT2D eigenvalue weighted by atomic mass is 10.0. The van der Waals surface area contributed by atoms with Gasteiger partial charge in [-0.25, -0.2) is 4.98 Å². The summed E-state index contributed by atoms with van der Waals surface area (Å²) in [6, 6.07) is 15.6. The summed E-state index contributed by atoms with van der Waals surface area (Å²) in [6.45, 7) is 1.52. The van der Waals surface area contributed by atoms with Crippen LogP contribution in [0, 0.1) is 0 Å². The molecule has 0 bridgehead atoms. The predicted octanol–water partition coefficient (Wildman–Crippen LogP) is 5.37. The highest BCUT2D eigenvalue weighted by Crippen LogP contribution is 2.33. The normalized spacial score (nSPS) is 12.4. The number of nitrogens with zero attached hydrogens (tertiary/aromatic N) is 1. The molecule has 33 heavy (non-hydrogen) atoms. The van der Waals surface area contributed by atoms with E-state index in [2.05, 4.69) is 16.4 Å². The van der Waals surface area contributed by atoms with E-state index >= 15 is 0 Å². The van der Waals surface area contributed by atoms with Crippen molar-refractivity contribution in [2.24, 2.45) is 0 Å². The van der Waals surface area contributed by atoms with Gasteiger partial charge < -0.3 is 20.5 Å². The van der Waals surface area contributed by atoms with E-state index in [1.165, 1.54) is 11.3 Å². The summed E-state index contributed by atoms with van der Waals surface area (Å²) in [5, 5.41) is 5.96. The molecule has 0 fully saturated rings. The molecule has 2 aromatic heterocycles. The number of nitrogen functional groups attached to an aromatic ring is 1. The van der Waals surface area contributed by atoms with E-state index in [4.69, 9.17) is 26.8 Å². The number of ketones is 1. The molecule has 0 atom stereocenters. The molecule has 168 valence electrons. The van der Waals surface area contributed by atoms with Crippen LogP contribution in [0.3, 0.4) is 0 Å². The van der Waals surface area contributed by atoms with Crippen LogP contribution in [-0.2, 0) is 19.5 Å². The Bertz CT molecular complexity index is 1340. The molecule has 3 N–H and O–H groups in total. The van der Waals surface area contributed by atoms with Gasteiger partial charge in [0.2, 0.25) is 6.79 Å². The highest BCUT2D eigenvalue weighted by Gasteiger charge is 2.15. The van der Waals surface area contributed by atoms with E-state index in [1.807, 2.05) is 36.4 Å². The predicted molar refractivity (Wildman–Crippen MR) is 131 cm³/mol. The molecule has 3 heterocycles. The number of ether oxygens (including phenoxy) is 2. The molecule has 0 amide bonds. The summed E-state index contributed by atoms with van der Waals surface area (Å²) in [6.07, 6.45) is 2.78. The molecule has 1 aliphatic heterocycles. The van der Waals surface area contributed by atoms with Crippen molar-refractivity contribution < 1.29 is 14.3 Å². The van der Waals surface area contributed by atoms with Crippen LogP contribution in [-0.4, -0.2) is 17.6 Å². The fourth-order valence-electron chi connectivity index (χ4n) is 3.82. The van der Waals surface area contributed by atoms with E-state index in [0.29, 0.717) is 41.6 Å². The average Bonchev–Trinajstić information content (AvgIpc) is 3.44. The summed E-state index contributed by atoms with van der Waals surface area (Å²) in [5.41, 5.74) is 8.10. The number of anilines is 1. The topological polar surface area (TPSA) is 86.5 Å². The lowest BCUT2D eigenvalue weighted by molar-refractivity contribution is 0.0986. The van der Waals surface area contributed by atoms with Gasteiger partial charge in [0, 0.05) is 36.0 Å². The van der Waals surface area contributed by atoms with Gasteiger partial charge in [-0.3, -0.25) is 4.79 Å². The Hall–Kier alpha value is -3.13. The summed E-state index contributed by atoms with van der Waals surface area (Å²) < 4.78 is 10.8. The fraction of sp³-hybridized carbons (Fsp3) is 0.200. The highest BCUT2D eigenvalue weighted by atomic mass is 35.5. The van der Waals surface area contributed by atoms with Crippen molar-refractivity contribution in [1.82, 2.24) is 10.3 Å². The molecule has 6 nitrogen and oxygen atoms in total. The van der Waals surface area contributed by atoms with Crippen LogP contribution < -0.4 is 20.5 Å². The minimum absolute atomic E-state index is 0.0956. The number of nitrogens with two attached hydrogens (primary N) is 1. The van der Waals surface area contributed by atoms with Crippen LogP contribution in [0.25, 0.3) is 10.8 Å². The first-order valence-electron chi connectivity index (χ1n) is 10.6. The van der Waals surface area contributed by atoms with E-state index in [0.717, 1.165) is 38.3 Å². The zero-order chi connectivity index (χ0) is 22.8. The molecule has 4 aromatic rings. The van der Waals surface area contributed by atoms with Gasteiger partial charge in [-0.15, -0.1) is 11.3 Å². The number of rotatable bonds is 8. The Morgan fingerprint density at radius 1 is 1.06 bits per heavy atom. The van der Waals surface area contributed by atoms with Gasteiger partial charge in [-0.05, 0) is 47.2 Å². The Balaban J connectivity index is 1.17. The van der Waals surface area contributed by atoms with Crippen molar-refractivity contribution in [1.29, 1.82) is 0 Å². The Morgan fingerprint density at radius 3 is 2.82 bits per heavy atom. The van der Waals surface area contributed by atoms with Crippen LogP contribution in [0.4, 0.5) is 5.82 Å². The summed E-state index contributed by atoms with van der Waals surface area (Å²) >= 11 is 7.86. The highest BCUT2D eigenvalue weighted by molar-refractivity contribution is 7.14. The second kappa shape index (κ2) is 9.39. The number of Topliss-reactive ketones (excluding diaryl/α,β-unsaturated/α-hetero) is 1. The number of aromatic nitrogens is 1.